The molecular weight excluding hydrogens is 260 g/mol. The van der Waals surface area contributed by atoms with Gasteiger partial charge in [0.2, 0.25) is 0 Å². The number of hydrogen-bond acceptors (Lipinski definition) is 5. The van der Waals surface area contributed by atoms with Gasteiger partial charge in [0.25, 0.3) is 0 Å². The molecule has 6 nitrogen and oxygen atoms in total. The van der Waals surface area contributed by atoms with Crippen molar-refractivity contribution in [3.05, 3.63) is 28.3 Å². The molecule has 1 aromatic rings. The van der Waals surface area contributed by atoms with Crippen molar-refractivity contribution in [2.45, 2.75) is 26.4 Å². The monoisotopic (exact) mass is 280 g/mol. The molecule has 1 aliphatic heterocycles. The van der Waals surface area contributed by atoms with E-state index in [2.05, 4.69) is 0 Å². The normalized spacial score (nSPS) is 18.6. The Hall–Kier alpha value is -1.82. The molecule has 20 heavy (non-hydrogen) atoms. The van der Waals surface area contributed by atoms with Crippen molar-refractivity contribution in [3.8, 4) is 5.75 Å². The minimum atomic E-state index is -0.390. The van der Waals surface area contributed by atoms with Crippen LogP contribution in [0.25, 0.3) is 0 Å². The van der Waals surface area contributed by atoms with Gasteiger partial charge in [-0.1, -0.05) is 6.07 Å². The number of rotatable bonds is 5. The van der Waals surface area contributed by atoms with Crippen LogP contribution in [0.3, 0.4) is 0 Å². The molecule has 0 aromatic heterocycles. The number of para-hydroxylation sites is 1. The second-order valence-electron chi connectivity index (χ2n) is 5.33. The predicted octanol–water partition coefficient (Wildman–Crippen LogP) is 2.20. The lowest BCUT2D eigenvalue weighted by Gasteiger charge is -2.20. The highest BCUT2D eigenvalue weighted by atomic mass is 16.6. The van der Waals surface area contributed by atoms with Crippen LogP contribution < -0.4 is 9.64 Å². The Labute approximate surface area is 118 Å². The molecule has 1 aliphatic rings. The van der Waals surface area contributed by atoms with E-state index in [1.807, 2.05) is 18.7 Å². The molecule has 0 saturated carbocycles. The summed E-state index contributed by atoms with van der Waals surface area (Å²) in [5, 5.41) is 20.6. The van der Waals surface area contributed by atoms with Crippen LogP contribution in [0.1, 0.15) is 20.3 Å². The number of nitro groups is 1. The molecule has 0 aliphatic carbocycles. The van der Waals surface area contributed by atoms with E-state index in [0.717, 1.165) is 13.0 Å². The fourth-order valence-electron chi connectivity index (χ4n) is 2.50. The fourth-order valence-corrected chi connectivity index (χ4v) is 2.50. The summed E-state index contributed by atoms with van der Waals surface area (Å²) in [4.78, 5) is 12.9. The maximum absolute atomic E-state index is 11.4. The standard InChI is InChI=1S/C14H20N2O4/c1-10(2)20-13-5-3-4-12(14(13)16(18)19)15-7-6-11(8-15)9-17/h3-5,10-11,17H,6-9H2,1-2H3. The molecule has 2 rings (SSSR count). The Kier molecular flexibility index (Phi) is 4.44. The summed E-state index contributed by atoms with van der Waals surface area (Å²) < 4.78 is 5.54. The average molecular weight is 280 g/mol. The van der Waals surface area contributed by atoms with E-state index in [9.17, 15) is 15.2 Å². The zero-order valence-corrected chi connectivity index (χ0v) is 11.8. The number of anilines is 1. The number of nitrogens with zero attached hydrogens (tertiary/aromatic N) is 2. The first-order valence-electron chi connectivity index (χ1n) is 6.82. The first kappa shape index (κ1) is 14.6. The molecule has 1 atom stereocenters. The van der Waals surface area contributed by atoms with Crippen molar-refractivity contribution in [2.75, 3.05) is 24.6 Å². The minimum Gasteiger partial charge on any atom is -0.484 e. The Morgan fingerprint density at radius 2 is 2.30 bits per heavy atom. The number of nitro benzene ring substituents is 1. The maximum Gasteiger partial charge on any atom is 0.333 e. The van der Waals surface area contributed by atoms with Gasteiger partial charge in [-0.05, 0) is 32.4 Å². The number of benzene rings is 1. The summed E-state index contributed by atoms with van der Waals surface area (Å²) in [5.41, 5.74) is 0.587. The molecular formula is C14H20N2O4. The first-order valence-corrected chi connectivity index (χ1v) is 6.82. The largest absolute Gasteiger partial charge is 0.484 e. The zero-order valence-electron chi connectivity index (χ0n) is 11.8. The molecule has 0 radical (unpaired) electrons. The molecule has 1 N–H and O–H groups in total. The molecule has 1 heterocycles. The molecule has 1 saturated heterocycles. The van der Waals surface area contributed by atoms with Gasteiger partial charge in [0, 0.05) is 25.6 Å². The maximum atomic E-state index is 11.4. The van der Waals surface area contributed by atoms with E-state index in [4.69, 9.17) is 4.74 Å². The summed E-state index contributed by atoms with van der Waals surface area (Å²) in [6.07, 6.45) is 0.732. The highest BCUT2D eigenvalue weighted by Gasteiger charge is 2.30. The van der Waals surface area contributed by atoms with Crippen molar-refractivity contribution >= 4 is 11.4 Å². The lowest BCUT2D eigenvalue weighted by Crippen LogP contribution is -2.22. The molecule has 110 valence electrons. The minimum absolute atomic E-state index is 0.0137. The molecule has 0 spiro atoms. The van der Waals surface area contributed by atoms with Gasteiger partial charge in [0.15, 0.2) is 5.75 Å². The quantitative estimate of drug-likeness (QED) is 0.661. The molecule has 0 amide bonds. The number of hydrogen-bond donors (Lipinski definition) is 1. The van der Waals surface area contributed by atoms with Crippen LogP contribution in [0.4, 0.5) is 11.4 Å². The second-order valence-corrected chi connectivity index (χ2v) is 5.33. The summed E-state index contributed by atoms with van der Waals surface area (Å²) in [6.45, 7) is 5.16. The van der Waals surface area contributed by atoms with Crippen LogP contribution in [-0.2, 0) is 0 Å². The third-order valence-corrected chi connectivity index (χ3v) is 3.41. The van der Waals surface area contributed by atoms with Crippen LogP contribution in [0, 0.1) is 16.0 Å². The number of aliphatic hydroxyl groups is 1. The van der Waals surface area contributed by atoms with Crippen LogP contribution in [-0.4, -0.2) is 35.8 Å². The van der Waals surface area contributed by atoms with Gasteiger partial charge < -0.3 is 14.7 Å². The van der Waals surface area contributed by atoms with E-state index in [0.29, 0.717) is 18.0 Å². The zero-order chi connectivity index (χ0) is 14.7. The van der Waals surface area contributed by atoms with Crippen molar-refractivity contribution in [3.63, 3.8) is 0 Å². The van der Waals surface area contributed by atoms with Gasteiger partial charge in [0.05, 0.1) is 11.0 Å². The first-order chi connectivity index (χ1) is 9.52. The summed E-state index contributed by atoms with van der Waals surface area (Å²) >= 11 is 0. The topological polar surface area (TPSA) is 75.8 Å². The molecule has 1 fully saturated rings. The van der Waals surface area contributed by atoms with Crippen molar-refractivity contribution in [2.24, 2.45) is 5.92 Å². The predicted molar refractivity (Wildman–Crippen MR) is 76.3 cm³/mol. The van der Waals surface area contributed by atoms with E-state index >= 15 is 0 Å². The highest BCUT2D eigenvalue weighted by molar-refractivity contribution is 5.70. The van der Waals surface area contributed by atoms with Crippen LogP contribution in [0.15, 0.2) is 18.2 Å². The van der Waals surface area contributed by atoms with E-state index in [-0.39, 0.29) is 29.2 Å². The van der Waals surface area contributed by atoms with Gasteiger partial charge in [-0.25, -0.2) is 0 Å². The van der Waals surface area contributed by atoms with E-state index in [1.165, 1.54) is 0 Å². The SMILES string of the molecule is CC(C)Oc1cccc(N2CCC(CO)C2)c1[N+](=O)[O-]. The smallest absolute Gasteiger partial charge is 0.333 e. The summed E-state index contributed by atoms with van der Waals surface area (Å²) in [5.74, 6) is 0.485. The van der Waals surface area contributed by atoms with Gasteiger partial charge in [0.1, 0.15) is 5.69 Å². The number of ether oxygens (including phenoxy) is 1. The third-order valence-electron chi connectivity index (χ3n) is 3.41. The third kappa shape index (κ3) is 3.01. The Morgan fingerprint density at radius 3 is 2.85 bits per heavy atom. The lowest BCUT2D eigenvalue weighted by atomic mass is 10.1. The van der Waals surface area contributed by atoms with E-state index in [1.54, 1.807) is 18.2 Å². The Bertz CT molecular complexity index is 490. The Morgan fingerprint density at radius 1 is 1.55 bits per heavy atom. The summed E-state index contributed by atoms with van der Waals surface area (Å²) in [6, 6.07) is 5.14. The fraction of sp³-hybridized carbons (Fsp3) is 0.571. The molecule has 1 aromatic carbocycles. The van der Waals surface area contributed by atoms with Crippen molar-refractivity contribution in [1.29, 1.82) is 0 Å². The van der Waals surface area contributed by atoms with Gasteiger partial charge >= 0.3 is 5.69 Å². The van der Waals surface area contributed by atoms with E-state index < -0.39 is 0 Å². The van der Waals surface area contributed by atoms with Gasteiger partial charge in [-0.2, -0.15) is 0 Å². The van der Waals surface area contributed by atoms with Gasteiger partial charge in [-0.3, -0.25) is 10.1 Å². The molecule has 0 bridgehead atoms. The van der Waals surface area contributed by atoms with Crippen LogP contribution in [0.2, 0.25) is 0 Å². The molecule has 1 unspecified atom stereocenters. The van der Waals surface area contributed by atoms with Gasteiger partial charge in [-0.15, -0.1) is 0 Å². The van der Waals surface area contributed by atoms with Crippen molar-refractivity contribution < 1.29 is 14.8 Å². The second kappa shape index (κ2) is 6.09. The Balaban J connectivity index is 2.35. The van der Waals surface area contributed by atoms with Crippen molar-refractivity contribution in [1.82, 2.24) is 0 Å². The average Bonchev–Trinajstić information content (AvgIpc) is 2.86. The summed E-state index contributed by atoms with van der Waals surface area (Å²) in [7, 11) is 0. The van der Waals surface area contributed by atoms with Crippen LogP contribution in [0.5, 0.6) is 5.75 Å². The number of aliphatic hydroxyl groups excluding tert-OH is 1. The van der Waals surface area contributed by atoms with Crippen LogP contribution >= 0.6 is 0 Å². The highest BCUT2D eigenvalue weighted by Crippen LogP contribution is 2.39. The lowest BCUT2D eigenvalue weighted by molar-refractivity contribution is -0.385. The molecule has 6 heteroatoms.